The fourth-order valence-electron chi connectivity index (χ4n) is 4.04. The molecule has 4 nitrogen and oxygen atoms in total. The van der Waals surface area contributed by atoms with Gasteiger partial charge in [-0.05, 0) is 60.5 Å². The van der Waals surface area contributed by atoms with E-state index in [1.165, 1.54) is 0 Å². The Morgan fingerprint density at radius 1 is 0.824 bits per heavy atom. The summed E-state index contributed by atoms with van der Waals surface area (Å²) in [5.41, 5.74) is 7.33. The lowest BCUT2D eigenvalue weighted by molar-refractivity contribution is 0.340. The van der Waals surface area contributed by atoms with Crippen LogP contribution in [-0.4, -0.2) is 22.4 Å². The summed E-state index contributed by atoms with van der Waals surface area (Å²) < 4.78 is 7.98. The second kappa shape index (κ2) is 10.0. The van der Waals surface area contributed by atoms with Crippen molar-refractivity contribution in [3.63, 3.8) is 0 Å². The van der Waals surface area contributed by atoms with Crippen molar-refractivity contribution < 1.29 is 4.74 Å². The van der Waals surface area contributed by atoms with Gasteiger partial charge in [-0.15, -0.1) is 0 Å². The molecule has 5 aromatic rings. The Balaban J connectivity index is 1.74. The molecule has 0 N–H and O–H groups in total. The maximum atomic E-state index is 5.68. The fourth-order valence-corrected chi connectivity index (χ4v) is 4.04. The quantitative estimate of drug-likeness (QED) is 0.247. The molecule has 0 aliphatic rings. The van der Waals surface area contributed by atoms with E-state index >= 15 is 0 Å². The van der Waals surface area contributed by atoms with Gasteiger partial charge < -0.3 is 9.30 Å². The maximum Gasteiger partial charge on any atom is 0.119 e. The molecule has 2 aromatic heterocycles. The highest BCUT2D eigenvalue weighted by molar-refractivity contribution is 5.94. The molecule has 0 saturated heterocycles. The summed E-state index contributed by atoms with van der Waals surface area (Å²) in [4.78, 5) is 8.91. The van der Waals surface area contributed by atoms with Crippen molar-refractivity contribution >= 4 is 11.9 Å². The molecule has 5 rings (SSSR count). The van der Waals surface area contributed by atoms with Crippen LogP contribution in [0.25, 0.3) is 28.2 Å². The number of pyridine rings is 1. The number of nitrogens with zero attached hydrogens (tertiary/aromatic N) is 3. The van der Waals surface area contributed by atoms with E-state index in [0.717, 1.165) is 45.2 Å². The minimum absolute atomic E-state index is 0.641. The summed E-state index contributed by atoms with van der Waals surface area (Å²) in [6.07, 6.45) is 5.45. The Morgan fingerprint density at radius 2 is 1.53 bits per heavy atom. The third kappa shape index (κ3) is 4.52. The van der Waals surface area contributed by atoms with Gasteiger partial charge >= 0.3 is 0 Å². The molecule has 0 unspecified atom stereocenters. The van der Waals surface area contributed by atoms with Crippen LogP contribution in [0.4, 0.5) is 5.69 Å². The monoisotopic (exact) mass is 443 g/mol. The van der Waals surface area contributed by atoms with Crippen molar-refractivity contribution in [2.45, 2.75) is 6.92 Å². The molecule has 0 saturated carbocycles. The Kier molecular flexibility index (Phi) is 6.30. The molecule has 0 fully saturated rings. The molecule has 0 aliphatic heterocycles. The number of aromatic nitrogens is 2. The second-order valence-corrected chi connectivity index (χ2v) is 7.80. The smallest absolute Gasteiger partial charge is 0.119 e. The van der Waals surface area contributed by atoms with Gasteiger partial charge in [0.15, 0.2) is 0 Å². The van der Waals surface area contributed by atoms with Crippen LogP contribution in [0.5, 0.6) is 5.75 Å². The number of benzene rings is 3. The Morgan fingerprint density at radius 3 is 2.18 bits per heavy atom. The van der Waals surface area contributed by atoms with Gasteiger partial charge in [-0.1, -0.05) is 60.7 Å². The molecule has 0 atom stereocenters. The molecule has 2 heterocycles. The van der Waals surface area contributed by atoms with E-state index in [1.807, 2.05) is 49.5 Å². The lowest BCUT2D eigenvalue weighted by Gasteiger charge is -2.15. The summed E-state index contributed by atoms with van der Waals surface area (Å²) in [6.45, 7) is 2.64. The third-order valence-electron chi connectivity index (χ3n) is 5.55. The summed E-state index contributed by atoms with van der Waals surface area (Å²) in [5, 5.41) is 0. The Bertz CT molecular complexity index is 1370. The first kappa shape index (κ1) is 21.4. The SMILES string of the molecule is CCOc1ccc(-n2c(-c3ccccc3)cc(C=Nc3cccnc3)c2-c2ccccc2)cc1. The first-order chi connectivity index (χ1) is 16.8. The highest BCUT2D eigenvalue weighted by atomic mass is 16.5. The van der Waals surface area contributed by atoms with Crippen molar-refractivity contribution in [3.05, 3.63) is 121 Å². The summed E-state index contributed by atoms with van der Waals surface area (Å²) in [7, 11) is 0. The largest absolute Gasteiger partial charge is 0.494 e. The Labute approximate surface area is 199 Å². The van der Waals surface area contributed by atoms with Crippen LogP contribution in [-0.2, 0) is 0 Å². The maximum absolute atomic E-state index is 5.68. The van der Waals surface area contributed by atoms with Crippen molar-refractivity contribution in [1.29, 1.82) is 0 Å². The fraction of sp³-hybridized carbons (Fsp3) is 0.0667. The van der Waals surface area contributed by atoms with Crippen LogP contribution in [0.15, 0.2) is 121 Å². The zero-order chi connectivity index (χ0) is 23.2. The van der Waals surface area contributed by atoms with Gasteiger partial charge in [-0.25, -0.2) is 0 Å². The molecule has 3 aromatic carbocycles. The molecule has 34 heavy (non-hydrogen) atoms. The molecule has 0 bridgehead atoms. The topological polar surface area (TPSA) is 39.4 Å². The lowest BCUT2D eigenvalue weighted by atomic mass is 10.1. The van der Waals surface area contributed by atoms with Gasteiger partial charge in [0.2, 0.25) is 0 Å². The van der Waals surface area contributed by atoms with Crippen molar-refractivity contribution in [2.24, 2.45) is 4.99 Å². The first-order valence-corrected chi connectivity index (χ1v) is 11.4. The van der Waals surface area contributed by atoms with Crippen LogP contribution >= 0.6 is 0 Å². The third-order valence-corrected chi connectivity index (χ3v) is 5.55. The summed E-state index contributed by atoms with van der Waals surface area (Å²) >= 11 is 0. The van der Waals surface area contributed by atoms with E-state index in [-0.39, 0.29) is 0 Å². The normalized spacial score (nSPS) is 11.1. The highest BCUT2D eigenvalue weighted by Gasteiger charge is 2.18. The zero-order valence-corrected chi connectivity index (χ0v) is 19.0. The van der Waals surface area contributed by atoms with Gasteiger partial charge in [0.25, 0.3) is 0 Å². The van der Waals surface area contributed by atoms with E-state index < -0.39 is 0 Å². The second-order valence-electron chi connectivity index (χ2n) is 7.80. The lowest BCUT2D eigenvalue weighted by Crippen LogP contribution is -2.01. The minimum atomic E-state index is 0.641. The molecular weight excluding hydrogens is 418 g/mol. The summed E-state index contributed by atoms with van der Waals surface area (Å²) in [6, 6.07) is 35.2. The first-order valence-electron chi connectivity index (χ1n) is 11.4. The standard InChI is InChI=1S/C30H25N3O/c1-2-34-28-17-15-27(16-18-28)33-29(23-10-5-3-6-11-23)20-25(21-32-26-14-9-19-31-22-26)30(33)24-12-7-4-8-13-24/h3-22H,2H2,1H3. The predicted octanol–water partition coefficient (Wildman–Crippen LogP) is 7.36. The van der Waals surface area contributed by atoms with E-state index in [4.69, 9.17) is 9.73 Å². The molecule has 4 heteroatoms. The molecular formula is C30H25N3O. The van der Waals surface area contributed by atoms with Crippen molar-refractivity contribution in [2.75, 3.05) is 6.61 Å². The van der Waals surface area contributed by atoms with E-state index in [2.05, 4.69) is 76.3 Å². The van der Waals surface area contributed by atoms with E-state index in [0.29, 0.717) is 6.61 Å². The van der Waals surface area contributed by atoms with Gasteiger partial charge in [0.1, 0.15) is 5.75 Å². The van der Waals surface area contributed by atoms with E-state index in [9.17, 15) is 0 Å². The van der Waals surface area contributed by atoms with Gasteiger partial charge in [-0.2, -0.15) is 0 Å². The molecule has 0 aliphatic carbocycles. The number of aliphatic imine (C=N–C) groups is 1. The number of hydrogen-bond donors (Lipinski definition) is 0. The highest BCUT2D eigenvalue weighted by Crippen LogP contribution is 2.36. The average Bonchev–Trinajstić information content (AvgIpc) is 3.29. The summed E-state index contributed by atoms with van der Waals surface area (Å²) in [5.74, 6) is 0.860. The van der Waals surface area contributed by atoms with Gasteiger partial charge in [0, 0.05) is 23.7 Å². The zero-order valence-electron chi connectivity index (χ0n) is 19.0. The molecule has 0 spiro atoms. The molecule has 0 radical (unpaired) electrons. The van der Waals surface area contributed by atoms with E-state index in [1.54, 1.807) is 12.4 Å². The number of hydrogen-bond acceptors (Lipinski definition) is 3. The number of rotatable bonds is 7. The molecule has 166 valence electrons. The van der Waals surface area contributed by atoms with Gasteiger partial charge in [0.05, 0.1) is 29.9 Å². The van der Waals surface area contributed by atoms with Gasteiger partial charge in [-0.3, -0.25) is 9.98 Å². The van der Waals surface area contributed by atoms with Crippen molar-refractivity contribution in [3.8, 4) is 34.0 Å². The van der Waals surface area contributed by atoms with Crippen LogP contribution in [0, 0.1) is 0 Å². The van der Waals surface area contributed by atoms with Crippen LogP contribution in [0.3, 0.4) is 0 Å². The number of ether oxygens (including phenoxy) is 1. The predicted molar refractivity (Wildman–Crippen MR) is 139 cm³/mol. The molecule has 0 amide bonds. The van der Waals surface area contributed by atoms with Crippen molar-refractivity contribution in [1.82, 2.24) is 9.55 Å². The Hall–Kier alpha value is -4.44. The van der Waals surface area contributed by atoms with Crippen LogP contribution in [0.2, 0.25) is 0 Å². The van der Waals surface area contributed by atoms with Crippen LogP contribution in [0.1, 0.15) is 12.5 Å². The minimum Gasteiger partial charge on any atom is -0.494 e. The average molecular weight is 444 g/mol. The van der Waals surface area contributed by atoms with Crippen LogP contribution < -0.4 is 4.74 Å².